The second kappa shape index (κ2) is 6.93. The van der Waals surface area contributed by atoms with Gasteiger partial charge in [-0.05, 0) is 24.3 Å². The molecule has 0 aliphatic rings. The van der Waals surface area contributed by atoms with Crippen molar-refractivity contribution in [1.29, 1.82) is 0 Å². The number of carbonyl (C=O) groups is 1. The molecule has 0 bridgehead atoms. The number of hydrogen-bond acceptors (Lipinski definition) is 2. The van der Waals surface area contributed by atoms with Gasteiger partial charge in [-0.1, -0.05) is 6.07 Å². The van der Waals surface area contributed by atoms with Gasteiger partial charge in [0.25, 0.3) is 0 Å². The first-order valence-corrected chi connectivity index (χ1v) is 6.40. The van der Waals surface area contributed by atoms with E-state index < -0.39 is 34.9 Å². The highest BCUT2D eigenvalue weighted by molar-refractivity contribution is 5.91. The Balaban J connectivity index is 1.88. The lowest BCUT2D eigenvalue weighted by Gasteiger charge is -2.09. The molecule has 0 saturated heterocycles. The van der Waals surface area contributed by atoms with Crippen LogP contribution in [0.3, 0.4) is 0 Å². The monoisotopic (exact) mass is 312 g/mol. The van der Waals surface area contributed by atoms with Crippen LogP contribution in [0.5, 0.6) is 0 Å². The Labute approximate surface area is 124 Å². The molecule has 2 aromatic carbocycles. The second-order valence-corrected chi connectivity index (χ2v) is 4.45. The van der Waals surface area contributed by atoms with E-state index in [2.05, 4.69) is 10.6 Å². The van der Waals surface area contributed by atoms with Crippen molar-refractivity contribution >= 4 is 17.3 Å². The fourth-order valence-electron chi connectivity index (χ4n) is 1.76. The summed E-state index contributed by atoms with van der Waals surface area (Å²) in [5.41, 5.74) is -0.494. The van der Waals surface area contributed by atoms with E-state index in [4.69, 9.17) is 0 Å². The van der Waals surface area contributed by atoms with Gasteiger partial charge in [-0.2, -0.15) is 0 Å². The van der Waals surface area contributed by atoms with Gasteiger partial charge in [0.05, 0.1) is 5.69 Å². The Morgan fingerprint density at radius 3 is 2.27 bits per heavy atom. The summed E-state index contributed by atoms with van der Waals surface area (Å²) in [6.45, 7) is 0.0183. The zero-order valence-electron chi connectivity index (χ0n) is 11.3. The minimum Gasteiger partial charge on any atom is -0.382 e. The number of amides is 1. The lowest BCUT2D eigenvalue weighted by atomic mass is 10.2. The number of hydrogen-bond donors (Lipinski definition) is 2. The number of carbonyl (C=O) groups excluding carboxylic acids is 1. The average Bonchev–Trinajstić information content (AvgIpc) is 2.45. The molecule has 2 N–H and O–H groups in total. The molecule has 2 rings (SSSR count). The maximum absolute atomic E-state index is 13.3. The number of anilines is 2. The van der Waals surface area contributed by atoms with Crippen LogP contribution < -0.4 is 10.6 Å². The van der Waals surface area contributed by atoms with Crippen LogP contribution in [0.1, 0.15) is 6.42 Å². The molecule has 0 heterocycles. The molecule has 22 heavy (non-hydrogen) atoms. The van der Waals surface area contributed by atoms with E-state index in [-0.39, 0.29) is 18.7 Å². The van der Waals surface area contributed by atoms with Gasteiger partial charge >= 0.3 is 0 Å². The van der Waals surface area contributed by atoms with Crippen molar-refractivity contribution in [3.8, 4) is 0 Å². The summed E-state index contributed by atoms with van der Waals surface area (Å²) in [6, 6.07) is 6.19. The summed E-state index contributed by atoms with van der Waals surface area (Å²) in [5, 5.41) is 4.70. The summed E-state index contributed by atoms with van der Waals surface area (Å²) < 4.78 is 52.7. The highest BCUT2D eigenvalue weighted by atomic mass is 19.1. The normalized spacial score (nSPS) is 10.4. The number of para-hydroxylation sites is 1. The predicted octanol–water partition coefficient (Wildman–Crippen LogP) is 3.68. The molecular formula is C15H12F4N2O. The summed E-state index contributed by atoms with van der Waals surface area (Å²) in [5.74, 6) is -3.91. The van der Waals surface area contributed by atoms with E-state index in [9.17, 15) is 22.4 Å². The lowest BCUT2D eigenvalue weighted by Crippen LogP contribution is -2.18. The van der Waals surface area contributed by atoms with Crippen LogP contribution in [0.25, 0.3) is 0 Å². The molecule has 0 fully saturated rings. The molecule has 7 heteroatoms. The molecular weight excluding hydrogens is 300 g/mol. The summed E-state index contributed by atoms with van der Waals surface area (Å²) in [7, 11) is 0. The van der Waals surface area contributed by atoms with Gasteiger partial charge < -0.3 is 10.6 Å². The largest absolute Gasteiger partial charge is 0.382 e. The number of rotatable bonds is 5. The Kier molecular flexibility index (Phi) is 4.98. The van der Waals surface area contributed by atoms with Crippen molar-refractivity contribution in [1.82, 2.24) is 0 Å². The smallest absolute Gasteiger partial charge is 0.226 e. The van der Waals surface area contributed by atoms with Crippen molar-refractivity contribution in [2.24, 2.45) is 0 Å². The van der Waals surface area contributed by atoms with Crippen LogP contribution in [0.2, 0.25) is 0 Å². The first-order chi connectivity index (χ1) is 10.5. The molecule has 0 atom stereocenters. The third-order valence-corrected chi connectivity index (χ3v) is 2.83. The lowest BCUT2D eigenvalue weighted by molar-refractivity contribution is -0.116. The van der Waals surface area contributed by atoms with E-state index in [0.717, 1.165) is 18.2 Å². The SMILES string of the molecule is O=C(CCNc1ccc(F)cc1F)Nc1c(F)cccc1F. The first-order valence-electron chi connectivity index (χ1n) is 6.40. The van der Waals surface area contributed by atoms with Crippen LogP contribution >= 0.6 is 0 Å². The van der Waals surface area contributed by atoms with E-state index in [1.165, 1.54) is 12.1 Å². The Hall–Kier alpha value is -2.57. The van der Waals surface area contributed by atoms with Crippen LogP contribution in [0, 0.1) is 23.3 Å². The quantitative estimate of drug-likeness (QED) is 0.827. The van der Waals surface area contributed by atoms with Crippen LogP contribution in [-0.4, -0.2) is 12.5 Å². The zero-order valence-corrected chi connectivity index (χ0v) is 11.3. The third-order valence-electron chi connectivity index (χ3n) is 2.83. The number of halogens is 4. The second-order valence-electron chi connectivity index (χ2n) is 4.45. The van der Waals surface area contributed by atoms with Gasteiger partial charge in [0, 0.05) is 19.0 Å². The van der Waals surface area contributed by atoms with Gasteiger partial charge in [0.15, 0.2) is 0 Å². The summed E-state index contributed by atoms with van der Waals surface area (Å²) in [6.07, 6.45) is -0.148. The third kappa shape index (κ3) is 3.97. The minimum absolute atomic E-state index is 0.0183. The first kappa shape index (κ1) is 15.8. The van der Waals surface area contributed by atoms with Crippen LogP contribution in [0.4, 0.5) is 28.9 Å². The van der Waals surface area contributed by atoms with Crippen molar-refractivity contribution in [2.45, 2.75) is 6.42 Å². The van der Waals surface area contributed by atoms with Crippen molar-refractivity contribution in [3.05, 3.63) is 59.7 Å². The van der Waals surface area contributed by atoms with Crippen LogP contribution in [-0.2, 0) is 4.79 Å². The molecule has 0 spiro atoms. The molecule has 3 nitrogen and oxygen atoms in total. The van der Waals surface area contributed by atoms with Gasteiger partial charge in [-0.3, -0.25) is 4.79 Å². The molecule has 0 aliphatic carbocycles. The van der Waals surface area contributed by atoms with Gasteiger partial charge in [0.1, 0.15) is 29.0 Å². The zero-order chi connectivity index (χ0) is 16.1. The standard InChI is InChI=1S/C15H12F4N2O/c16-9-4-5-13(12(19)8-9)20-7-6-14(22)21-15-10(17)2-1-3-11(15)18/h1-5,8,20H,6-7H2,(H,21,22). The van der Waals surface area contributed by atoms with Crippen molar-refractivity contribution in [2.75, 3.05) is 17.2 Å². The fourth-order valence-corrected chi connectivity index (χ4v) is 1.76. The highest BCUT2D eigenvalue weighted by Crippen LogP contribution is 2.18. The Morgan fingerprint density at radius 1 is 0.955 bits per heavy atom. The summed E-state index contributed by atoms with van der Waals surface area (Å²) >= 11 is 0. The molecule has 1 amide bonds. The molecule has 0 radical (unpaired) electrons. The van der Waals surface area contributed by atoms with Crippen molar-refractivity contribution < 1.29 is 22.4 Å². The minimum atomic E-state index is -0.883. The van der Waals surface area contributed by atoms with E-state index in [1.807, 2.05) is 0 Å². The molecule has 116 valence electrons. The van der Waals surface area contributed by atoms with Crippen molar-refractivity contribution in [3.63, 3.8) is 0 Å². The van der Waals surface area contributed by atoms with Crippen LogP contribution in [0.15, 0.2) is 36.4 Å². The van der Waals surface area contributed by atoms with E-state index >= 15 is 0 Å². The topological polar surface area (TPSA) is 41.1 Å². The number of nitrogens with one attached hydrogen (secondary N) is 2. The molecule has 0 unspecified atom stereocenters. The maximum atomic E-state index is 13.3. The van der Waals surface area contributed by atoms with Gasteiger partial charge in [-0.25, -0.2) is 17.6 Å². The maximum Gasteiger partial charge on any atom is 0.226 e. The predicted molar refractivity (Wildman–Crippen MR) is 74.5 cm³/mol. The molecule has 0 aliphatic heterocycles. The average molecular weight is 312 g/mol. The van der Waals surface area contributed by atoms with E-state index in [1.54, 1.807) is 0 Å². The van der Waals surface area contributed by atoms with Gasteiger partial charge in [-0.15, -0.1) is 0 Å². The van der Waals surface area contributed by atoms with E-state index in [0.29, 0.717) is 6.07 Å². The van der Waals surface area contributed by atoms with Gasteiger partial charge in [0.2, 0.25) is 5.91 Å². The fraction of sp³-hybridized carbons (Fsp3) is 0.133. The highest BCUT2D eigenvalue weighted by Gasteiger charge is 2.11. The Bertz CT molecular complexity index is 671. The molecule has 2 aromatic rings. The molecule has 0 saturated carbocycles. The number of benzene rings is 2. The Morgan fingerprint density at radius 2 is 1.64 bits per heavy atom. The summed E-state index contributed by atoms with van der Waals surface area (Å²) in [4.78, 5) is 11.6. The molecule has 0 aromatic heterocycles.